The van der Waals surface area contributed by atoms with Crippen LogP contribution in [0, 0.1) is 0 Å². The third-order valence-electron chi connectivity index (χ3n) is 2.49. The van der Waals surface area contributed by atoms with Gasteiger partial charge in [-0.1, -0.05) is 0 Å². The van der Waals surface area contributed by atoms with Crippen LogP contribution in [0.4, 0.5) is 19.0 Å². The van der Waals surface area contributed by atoms with E-state index < -0.39 is 36.8 Å². The van der Waals surface area contributed by atoms with Crippen molar-refractivity contribution < 1.29 is 32.2 Å². The smallest absolute Gasteiger partial charge is 0.416 e. The van der Waals surface area contributed by atoms with Gasteiger partial charge in [0.2, 0.25) is 0 Å². The van der Waals surface area contributed by atoms with Crippen LogP contribution in [-0.4, -0.2) is 44.2 Å². The van der Waals surface area contributed by atoms with Gasteiger partial charge in [-0.05, 0) is 12.1 Å². The Morgan fingerprint density at radius 2 is 1.71 bits per heavy atom. The molecule has 0 saturated heterocycles. The third-order valence-corrected chi connectivity index (χ3v) is 2.49. The Bertz CT molecular complexity index is 501. The normalized spacial score (nSPS) is 10.9. The molecule has 1 rings (SSSR count). The van der Waals surface area contributed by atoms with Crippen molar-refractivity contribution in [3.8, 4) is 0 Å². The first-order valence-electron chi connectivity index (χ1n) is 5.69. The Morgan fingerprint density at radius 1 is 1.19 bits per heavy atom. The summed E-state index contributed by atoms with van der Waals surface area (Å²) >= 11 is 0. The molecule has 0 bridgehead atoms. The number of anilines is 1. The van der Waals surface area contributed by atoms with E-state index in [1.165, 1.54) is 0 Å². The number of ether oxygens (including phenoxy) is 2. The monoisotopic (exact) mass is 306 g/mol. The fraction of sp³-hybridized carbons (Fsp3) is 0.417. The second-order valence-corrected chi connectivity index (χ2v) is 3.91. The molecule has 21 heavy (non-hydrogen) atoms. The maximum Gasteiger partial charge on any atom is 0.416 e. The fourth-order valence-corrected chi connectivity index (χ4v) is 1.43. The molecule has 116 valence electrons. The first-order valence-corrected chi connectivity index (χ1v) is 5.69. The third kappa shape index (κ3) is 4.93. The summed E-state index contributed by atoms with van der Waals surface area (Å²) in [6.45, 7) is -0.861. The number of aromatic nitrogens is 1. The highest BCUT2D eigenvalue weighted by molar-refractivity contribution is 5.80. The van der Waals surface area contributed by atoms with Crippen molar-refractivity contribution in [3.63, 3.8) is 0 Å². The first kappa shape index (κ1) is 16.7. The van der Waals surface area contributed by atoms with Gasteiger partial charge in [-0.2, -0.15) is 13.2 Å². The van der Waals surface area contributed by atoms with Gasteiger partial charge in [0.15, 0.2) is 0 Å². The topological polar surface area (TPSA) is 68.7 Å². The average Bonchev–Trinajstić information content (AvgIpc) is 2.45. The Labute approximate surface area is 118 Å². The molecule has 0 unspecified atom stereocenters. The second kappa shape index (κ2) is 6.91. The van der Waals surface area contributed by atoms with Crippen molar-refractivity contribution in [2.75, 3.05) is 32.2 Å². The van der Waals surface area contributed by atoms with Crippen LogP contribution in [0.15, 0.2) is 18.3 Å². The van der Waals surface area contributed by atoms with Gasteiger partial charge in [0.05, 0.1) is 19.8 Å². The zero-order valence-electron chi connectivity index (χ0n) is 11.3. The molecular weight excluding hydrogens is 293 g/mol. The number of methoxy groups -OCH3 is 2. The molecule has 0 spiro atoms. The fourth-order valence-electron chi connectivity index (χ4n) is 1.43. The number of alkyl halides is 3. The van der Waals surface area contributed by atoms with Gasteiger partial charge in [-0.15, -0.1) is 0 Å². The molecule has 0 amide bonds. The summed E-state index contributed by atoms with van der Waals surface area (Å²) in [4.78, 5) is 27.3. The lowest BCUT2D eigenvalue weighted by Crippen LogP contribution is -2.36. The van der Waals surface area contributed by atoms with Crippen LogP contribution in [0.5, 0.6) is 0 Å². The van der Waals surface area contributed by atoms with E-state index in [-0.39, 0.29) is 5.82 Å². The van der Waals surface area contributed by atoms with Crippen LogP contribution in [-0.2, 0) is 25.2 Å². The van der Waals surface area contributed by atoms with E-state index in [2.05, 4.69) is 14.5 Å². The summed E-state index contributed by atoms with van der Waals surface area (Å²) < 4.78 is 46.8. The van der Waals surface area contributed by atoms with E-state index in [0.29, 0.717) is 0 Å². The van der Waals surface area contributed by atoms with E-state index >= 15 is 0 Å². The summed E-state index contributed by atoms with van der Waals surface area (Å²) in [6, 6.07) is 1.53. The Hall–Kier alpha value is -2.32. The minimum absolute atomic E-state index is 0.180. The van der Waals surface area contributed by atoms with Crippen LogP contribution < -0.4 is 4.90 Å². The minimum Gasteiger partial charge on any atom is -0.468 e. The van der Waals surface area contributed by atoms with Crippen molar-refractivity contribution in [2.45, 2.75) is 6.18 Å². The predicted molar refractivity (Wildman–Crippen MR) is 65.5 cm³/mol. The molecule has 0 fully saturated rings. The van der Waals surface area contributed by atoms with E-state index in [4.69, 9.17) is 0 Å². The van der Waals surface area contributed by atoms with E-state index in [9.17, 15) is 22.8 Å². The summed E-state index contributed by atoms with van der Waals surface area (Å²) in [6.07, 6.45) is -3.61. The molecule has 1 aromatic rings. The van der Waals surface area contributed by atoms with Crippen LogP contribution in [0.3, 0.4) is 0 Å². The van der Waals surface area contributed by atoms with Gasteiger partial charge in [0.1, 0.15) is 18.9 Å². The van der Waals surface area contributed by atoms with Gasteiger partial charge >= 0.3 is 18.1 Å². The largest absolute Gasteiger partial charge is 0.468 e. The van der Waals surface area contributed by atoms with Gasteiger partial charge < -0.3 is 14.4 Å². The number of nitrogens with zero attached hydrogens (tertiary/aromatic N) is 2. The van der Waals surface area contributed by atoms with E-state index in [1.54, 1.807) is 0 Å². The van der Waals surface area contributed by atoms with Crippen molar-refractivity contribution >= 4 is 17.8 Å². The number of pyridine rings is 1. The van der Waals surface area contributed by atoms with E-state index in [0.717, 1.165) is 37.4 Å². The number of hydrogen-bond donors (Lipinski definition) is 0. The molecule has 1 aromatic heterocycles. The average molecular weight is 306 g/mol. The van der Waals surface area contributed by atoms with Crippen molar-refractivity contribution in [1.82, 2.24) is 4.98 Å². The number of carbonyl (C=O) groups excluding carboxylic acids is 2. The van der Waals surface area contributed by atoms with E-state index in [1.807, 2.05) is 0 Å². The van der Waals surface area contributed by atoms with Gasteiger partial charge in [-0.25, -0.2) is 4.98 Å². The second-order valence-electron chi connectivity index (χ2n) is 3.91. The highest BCUT2D eigenvalue weighted by Gasteiger charge is 2.31. The minimum atomic E-state index is -4.56. The lowest BCUT2D eigenvalue weighted by molar-refractivity contribution is -0.140. The Morgan fingerprint density at radius 3 is 2.14 bits per heavy atom. The molecule has 0 N–H and O–H groups in total. The number of carbonyl (C=O) groups is 2. The SMILES string of the molecule is COC(=O)CN(CC(=O)OC)c1cc(C(F)(F)F)ccn1. The lowest BCUT2D eigenvalue weighted by atomic mass is 10.2. The highest BCUT2D eigenvalue weighted by Crippen LogP contribution is 2.30. The van der Waals surface area contributed by atoms with Gasteiger partial charge in [-0.3, -0.25) is 9.59 Å². The van der Waals surface area contributed by atoms with Crippen molar-refractivity contribution in [2.24, 2.45) is 0 Å². The molecule has 0 aliphatic carbocycles. The van der Waals surface area contributed by atoms with Crippen molar-refractivity contribution in [1.29, 1.82) is 0 Å². The summed E-state index contributed by atoms with van der Waals surface area (Å²) in [5.74, 6) is -1.63. The zero-order chi connectivity index (χ0) is 16.0. The molecule has 1 heterocycles. The van der Waals surface area contributed by atoms with Crippen LogP contribution in [0.2, 0.25) is 0 Å². The molecule has 0 saturated carbocycles. The predicted octanol–water partition coefficient (Wildman–Crippen LogP) is 1.25. The molecule has 0 aromatic carbocycles. The van der Waals surface area contributed by atoms with Gasteiger partial charge in [0.25, 0.3) is 0 Å². The first-order chi connectivity index (χ1) is 9.77. The van der Waals surface area contributed by atoms with Crippen LogP contribution in [0.25, 0.3) is 0 Å². The molecule has 0 atom stereocenters. The maximum atomic E-state index is 12.7. The molecular formula is C12H13F3N2O4. The van der Waals surface area contributed by atoms with Crippen LogP contribution >= 0.6 is 0 Å². The quantitative estimate of drug-likeness (QED) is 0.763. The van der Waals surface area contributed by atoms with Crippen molar-refractivity contribution in [3.05, 3.63) is 23.9 Å². The zero-order valence-corrected chi connectivity index (χ0v) is 11.3. The van der Waals surface area contributed by atoms with Crippen LogP contribution in [0.1, 0.15) is 5.56 Å². The van der Waals surface area contributed by atoms with Gasteiger partial charge in [0, 0.05) is 6.20 Å². The molecule has 9 heteroatoms. The maximum absolute atomic E-state index is 12.7. The molecule has 6 nitrogen and oxygen atoms in total. The number of esters is 2. The lowest BCUT2D eigenvalue weighted by Gasteiger charge is -2.21. The molecule has 0 aliphatic rings. The molecule has 0 radical (unpaired) electrons. The standard InChI is InChI=1S/C12H13F3N2O4/c1-20-10(18)6-17(7-11(19)21-2)9-5-8(3-4-16-9)12(13,14)15/h3-5H,6-7H2,1-2H3. The number of hydrogen-bond acceptors (Lipinski definition) is 6. The Balaban J connectivity index is 3.07. The molecule has 0 aliphatic heterocycles. The summed E-state index contributed by atoms with van der Waals surface area (Å²) in [5.41, 5.74) is -0.938. The Kier molecular flexibility index (Phi) is 5.51. The summed E-state index contributed by atoms with van der Waals surface area (Å²) in [5, 5.41) is 0. The highest BCUT2D eigenvalue weighted by atomic mass is 19.4. The number of rotatable bonds is 5. The number of halogens is 3. The summed E-state index contributed by atoms with van der Waals surface area (Å²) in [7, 11) is 2.25.